The van der Waals surface area contributed by atoms with E-state index in [0.29, 0.717) is 0 Å². The summed E-state index contributed by atoms with van der Waals surface area (Å²) in [6.07, 6.45) is 3.96. The molecule has 3 rings (SSSR count). The van der Waals surface area contributed by atoms with Gasteiger partial charge in [0, 0.05) is 18.7 Å². The van der Waals surface area contributed by atoms with Crippen LogP contribution in [0.4, 0.5) is 0 Å². The molecule has 0 unspecified atom stereocenters. The van der Waals surface area contributed by atoms with Crippen molar-refractivity contribution in [3.8, 4) is 10.6 Å². The minimum atomic E-state index is 0.134. The van der Waals surface area contributed by atoms with Gasteiger partial charge in [-0.15, -0.1) is 11.3 Å². The fourth-order valence-corrected chi connectivity index (χ4v) is 3.36. The molecule has 2 aromatic rings. The first-order chi connectivity index (χ1) is 9.25. The van der Waals surface area contributed by atoms with E-state index in [-0.39, 0.29) is 5.91 Å². The SMILES string of the molecule is Cc1ccccc1-c1ncc(C(=O)N2CCCC2)s1. The molecule has 0 saturated carbocycles. The summed E-state index contributed by atoms with van der Waals surface area (Å²) in [5.74, 6) is 0.134. The van der Waals surface area contributed by atoms with E-state index in [4.69, 9.17) is 0 Å². The average Bonchev–Trinajstić information content (AvgIpc) is 3.10. The summed E-state index contributed by atoms with van der Waals surface area (Å²) in [6, 6.07) is 8.14. The maximum absolute atomic E-state index is 12.3. The summed E-state index contributed by atoms with van der Waals surface area (Å²) in [5, 5.41) is 0.931. The van der Waals surface area contributed by atoms with Crippen molar-refractivity contribution in [1.82, 2.24) is 9.88 Å². The number of aryl methyl sites for hydroxylation is 1. The average molecular weight is 272 g/mol. The molecule has 0 aliphatic carbocycles. The fraction of sp³-hybridized carbons (Fsp3) is 0.333. The van der Waals surface area contributed by atoms with Gasteiger partial charge < -0.3 is 4.90 Å². The Bertz CT molecular complexity index is 600. The largest absolute Gasteiger partial charge is 0.338 e. The van der Waals surface area contributed by atoms with Crippen molar-refractivity contribution in [2.24, 2.45) is 0 Å². The molecule has 0 atom stereocenters. The van der Waals surface area contributed by atoms with E-state index < -0.39 is 0 Å². The molecular formula is C15H16N2OS. The number of aromatic nitrogens is 1. The first-order valence-corrected chi connectivity index (χ1v) is 7.38. The van der Waals surface area contributed by atoms with Crippen LogP contribution in [0.1, 0.15) is 28.1 Å². The maximum atomic E-state index is 12.3. The number of hydrogen-bond donors (Lipinski definition) is 0. The third kappa shape index (κ3) is 2.40. The molecule has 1 saturated heterocycles. The Balaban J connectivity index is 1.87. The standard InChI is InChI=1S/C15H16N2OS/c1-11-6-2-3-7-12(11)14-16-10-13(19-14)15(18)17-8-4-5-9-17/h2-3,6-7,10H,4-5,8-9H2,1H3. The van der Waals surface area contributed by atoms with Gasteiger partial charge in [0.2, 0.25) is 0 Å². The van der Waals surface area contributed by atoms with Crippen LogP contribution in [0.25, 0.3) is 10.6 Å². The smallest absolute Gasteiger partial charge is 0.265 e. The van der Waals surface area contributed by atoms with Gasteiger partial charge in [0.05, 0.1) is 6.20 Å². The number of nitrogens with zero attached hydrogens (tertiary/aromatic N) is 2. The molecule has 19 heavy (non-hydrogen) atoms. The first kappa shape index (κ1) is 12.4. The molecule has 4 heteroatoms. The molecule has 0 bridgehead atoms. The molecule has 0 radical (unpaired) electrons. The van der Waals surface area contributed by atoms with Crippen LogP contribution in [0.15, 0.2) is 30.5 Å². The second kappa shape index (κ2) is 5.13. The van der Waals surface area contributed by atoms with Crippen LogP contribution in [0, 0.1) is 6.92 Å². The van der Waals surface area contributed by atoms with Crippen LogP contribution in [0.5, 0.6) is 0 Å². The third-order valence-corrected chi connectivity index (χ3v) is 4.50. The maximum Gasteiger partial charge on any atom is 0.265 e. The monoisotopic (exact) mass is 272 g/mol. The van der Waals surface area contributed by atoms with Gasteiger partial charge >= 0.3 is 0 Å². The molecule has 1 aromatic carbocycles. The molecule has 1 aromatic heterocycles. The molecule has 1 aliphatic heterocycles. The number of carbonyl (C=O) groups excluding carboxylic acids is 1. The summed E-state index contributed by atoms with van der Waals surface area (Å²) in [6.45, 7) is 3.84. The molecule has 1 fully saturated rings. The lowest BCUT2D eigenvalue weighted by molar-refractivity contribution is 0.0797. The molecule has 3 nitrogen and oxygen atoms in total. The summed E-state index contributed by atoms with van der Waals surface area (Å²) in [7, 11) is 0. The third-order valence-electron chi connectivity index (χ3n) is 3.49. The van der Waals surface area contributed by atoms with Crippen molar-refractivity contribution in [1.29, 1.82) is 0 Å². The lowest BCUT2D eigenvalue weighted by Gasteiger charge is -2.12. The van der Waals surface area contributed by atoms with Gasteiger partial charge in [-0.3, -0.25) is 4.79 Å². The highest BCUT2D eigenvalue weighted by Crippen LogP contribution is 2.28. The lowest BCUT2D eigenvalue weighted by Crippen LogP contribution is -2.26. The number of amides is 1. The number of rotatable bonds is 2. The summed E-state index contributed by atoms with van der Waals surface area (Å²) in [5.41, 5.74) is 2.31. The Labute approximate surface area is 116 Å². The minimum absolute atomic E-state index is 0.134. The summed E-state index contributed by atoms with van der Waals surface area (Å²) in [4.78, 5) is 19.4. The van der Waals surface area contributed by atoms with E-state index in [9.17, 15) is 4.79 Å². The topological polar surface area (TPSA) is 33.2 Å². The van der Waals surface area contributed by atoms with E-state index in [0.717, 1.165) is 41.4 Å². The van der Waals surface area contributed by atoms with Crippen LogP contribution in [0.3, 0.4) is 0 Å². The van der Waals surface area contributed by atoms with Crippen LogP contribution < -0.4 is 0 Å². The Hall–Kier alpha value is -1.68. The van der Waals surface area contributed by atoms with E-state index in [1.807, 2.05) is 17.0 Å². The predicted molar refractivity (Wildman–Crippen MR) is 77.4 cm³/mol. The van der Waals surface area contributed by atoms with Gasteiger partial charge in [0.1, 0.15) is 9.88 Å². The molecule has 0 N–H and O–H groups in total. The van der Waals surface area contributed by atoms with Gasteiger partial charge in [-0.1, -0.05) is 24.3 Å². The molecule has 1 amide bonds. The summed E-state index contributed by atoms with van der Waals surface area (Å²) < 4.78 is 0. The quantitative estimate of drug-likeness (QED) is 0.840. The number of likely N-dealkylation sites (tertiary alicyclic amines) is 1. The Kier molecular flexibility index (Phi) is 3.34. The van der Waals surface area contributed by atoms with Crippen LogP contribution in [-0.4, -0.2) is 28.9 Å². The second-order valence-corrected chi connectivity index (χ2v) is 5.87. The number of benzene rings is 1. The van der Waals surface area contributed by atoms with Gasteiger partial charge in [-0.05, 0) is 25.3 Å². The van der Waals surface area contributed by atoms with Crippen molar-refractivity contribution >= 4 is 17.2 Å². The van der Waals surface area contributed by atoms with Gasteiger partial charge in [0.25, 0.3) is 5.91 Å². The highest BCUT2D eigenvalue weighted by Gasteiger charge is 2.21. The van der Waals surface area contributed by atoms with Gasteiger partial charge in [-0.2, -0.15) is 0 Å². The molecule has 98 valence electrons. The molecule has 1 aliphatic rings. The summed E-state index contributed by atoms with van der Waals surface area (Å²) >= 11 is 1.49. The van der Waals surface area contributed by atoms with Gasteiger partial charge in [-0.25, -0.2) is 4.98 Å². The van der Waals surface area contributed by atoms with Crippen molar-refractivity contribution in [3.63, 3.8) is 0 Å². The normalized spacial score (nSPS) is 14.9. The van der Waals surface area contributed by atoms with Crippen LogP contribution in [-0.2, 0) is 0 Å². The number of thiazole rings is 1. The van der Waals surface area contributed by atoms with E-state index in [1.54, 1.807) is 6.20 Å². The van der Waals surface area contributed by atoms with Gasteiger partial charge in [0.15, 0.2) is 0 Å². The number of carbonyl (C=O) groups is 1. The van der Waals surface area contributed by atoms with E-state index in [1.165, 1.54) is 16.9 Å². The van der Waals surface area contributed by atoms with Crippen LogP contribution in [0.2, 0.25) is 0 Å². The Morgan fingerprint density at radius 1 is 1.26 bits per heavy atom. The zero-order valence-electron chi connectivity index (χ0n) is 10.9. The molecule has 2 heterocycles. The second-order valence-electron chi connectivity index (χ2n) is 4.84. The van der Waals surface area contributed by atoms with E-state index in [2.05, 4.69) is 24.0 Å². The first-order valence-electron chi connectivity index (χ1n) is 6.57. The fourth-order valence-electron chi connectivity index (χ4n) is 2.39. The predicted octanol–water partition coefficient (Wildman–Crippen LogP) is 3.35. The molecular weight excluding hydrogens is 256 g/mol. The Morgan fingerprint density at radius 3 is 2.74 bits per heavy atom. The van der Waals surface area contributed by atoms with Crippen molar-refractivity contribution < 1.29 is 4.79 Å². The lowest BCUT2D eigenvalue weighted by atomic mass is 10.1. The highest BCUT2D eigenvalue weighted by atomic mass is 32.1. The minimum Gasteiger partial charge on any atom is -0.338 e. The van der Waals surface area contributed by atoms with Crippen molar-refractivity contribution in [2.45, 2.75) is 19.8 Å². The van der Waals surface area contributed by atoms with Crippen molar-refractivity contribution in [2.75, 3.05) is 13.1 Å². The van der Waals surface area contributed by atoms with E-state index >= 15 is 0 Å². The molecule has 0 spiro atoms. The Morgan fingerprint density at radius 2 is 2.00 bits per heavy atom. The zero-order valence-corrected chi connectivity index (χ0v) is 11.7. The zero-order chi connectivity index (χ0) is 13.2. The van der Waals surface area contributed by atoms with Crippen molar-refractivity contribution in [3.05, 3.63) is 40.9 Å². The number of hydrogen-bond acceptors (Lipinski definition) is 3. The van der Waals surface area contributed by atoms with Crippen LogP contribution >= 0.6 is 11.3 Å². The highest BCUT2D eigenvalue weighted by molar-refractivity contribution is 7.16.